The summed E-state index contributed by atoms with van der Waals surface area (Å²) in [5, 5.41) is 15.2. The average Bonchev–Trinajstić information content (AvgIpc) is 3.23. The van der Waals surface area contributed by atoms with E-state index in [1.54, 1.807) is 32.4 Å². The number of carbonyl (C=O) groups excluding carboxylic acids is 1. The highest BCUT2D eigenvalue weighted by Crippen LogP contribution is 2.25. The highest BCUT2D eigenvalue weighted by Gasteiger charge is 2.11. The number of hydrogen-bond donors (Lipinski definition) is 4. The Bertz CT molecular complexity index is 1070. The van der Waals surface area contributed by atoms with Crippen molar-refractivity contribution in [2.24, 2.45) is 0 Å². The van der Waals surface area contributed by atoms with Gasteiger partial charge in [0.15, 0.2) is 0 Å². The first kappa shape index (κ1) is 21.3. The van der Waals surface area contributed by atoms with Gasteiger partial charge < -0.3 is 25.8 Å². The third kappa shape index (κ3) is 4.93. The van der Waals surface area contributed by atoms with Gasteiger partial charge in [-0.15, -0.1) is 0 Å². The minimum absolute atomic E-state index is 0.183. The smallest absolute Gasteiger partial charge is 0.251 e. The molecule has 0 aliphatic carbocycles. The molecule has 3 rings (SSSR count). The molecule has 0 aliphatic rings. The predicted octanol–water partition coefficient (Wildman–Crippen LogP) is 3.51. The number of fused-ring (bicyclic) bond motifs is 1. The van der Waals surface area contributed by atoms with Crippen molar-refractivity contribution in [1.82, 2.24) is 20.6 Å². The van der Waals surface area contributed by atoms with Crippen LogP contribution in [0.3, 0.4) is 0 Å². The van der Waals surface area contributed by atoms with E-state index >= 15 is 0 Å². The van der Waals surface area contributed by atoms with Crippen molar-refractivity contribution >= 4 is 22.5 Å². The molecule has 7 nitrogen and oxygen atoms in total. The second kappa shape index (κ2) is 9.84. The Morgan fingerprint density at radius 1 is 1.13 bits per heavy atom. The van der Waals surface area contributed by atoms with E-state index in [1.165, 1.54) is 0 Å². The molecule has 30 heavy (non-hydrogen) atoms. The monoisotopic (exact) mass is 405 g/mol. The minimum Gasteiger partial charge on any atom is -0.386 e. The largest absolute Gasteiger partial charge is 0.386 e. The van der Waals surface area contributed by atoms with Crippen molar-refractivity contribution in [2.45, 2.75) is 13.8 Å². The molecule has 0 atom stereocenters. The Hall–Kier alpha value is -3.45. The van der Waals surface area contributed by atoms with Crippen molar-refractivity contribution in [1.29, 1.82) is 5.41 Å². The lowest BCUT2D eigenvalue weighted by atomic mass is 10.1. The number of aromatic amines is 1. The van der Waals surface area contributed by atoms with Crippen LogP contribution in [-0.4, -0.2) is 48.4 Å². The Balaban J connectivity index is 1.69. The van der Waals surface area contributed by atoms with Crippen LogP contribution in [0.25, 0.3) is 22.2 Å². The number of hydrogen-bond acceptors (Lipinski definition) is 5. The predicted molar refractivity (Wildman–Crippen MR) is 120 cm³/mol. The van der Waals surface area contributed by atoms with Crippen LogP contribution in [0.15, 0.2) is 60.1 Å². The molecule has 2 aromatic heterocycles. The summed E-state index contributed by atoms with van der Waals surface area (Å²) in [5.41, 5.74) is 5.46. The fraction of sp³-hybridized carbons (Fsp3) is 0.261. The molecular formula is C23H27N5O2. The molecule has 0 radical (unpaired) electrons. The second-order valence-electron chi connectivity index (χ2n) is 7.01. The maximum atomic E-state index is 12.6. The van der Waals surface area contributed by atoms with Gasteiger partial charge in [0.25, 0.3) is 5.91 Å². The molecule has 156 valence electrons. The van der Waals surface area contributed by atoms with Gasteiger partial charge in [-0.25, -0.2) is 0 Å². The summed E-state index contributed by atoms with van der Waals surface area (Å²) < 4.78 is 5.03. The molecule has 0 saturated carbocycles. The number of nitrogens with one attached hydrogen (secondary N) is 4. The summed E-state index contributed by atoms with van der Waals surface area (Å²) in [4.78, 5) is 20.3. The van der Waals surface area contributed by atoms with Crippen LogP contribution < -0.4 is 10.6 Å². The summed E-state index contributed by atoms with van der Waals surface area (Å²) in [6, 6.07) is 11.3. The maximum Gasteiger partial charge on any atom is 0.251 e. The molecular weight excluding hydrogens is 378 g/mol. The molecule has 0 unspecified atom stereocenters. The van der Waals surface area contributed by atoms with Gasteiger partial charge in [-0.1, -0.05) is 12.1 Å². The number of aromatic nitrogens is 2. The van der Waals surface area contributed by atoms with Crippen LogP contribution in [0.1, 0.15) is 24.2 Å². The summed E-state index contributed by atoms with van der Waals surface area (Å²) in [7, 11) is 1.64. The van der Waals surface area contributed by atoms with E-state index in [1.807, 2.05) is 37.4 Å². The molecule has 0 spiro atoms. The number of allylic oxidation sites excluding steroid dienone is 1. The zero-order valence-corrected chi connectivity index (χ0v) is 17.5. The summed E-state index contributed by atoms with van der Waals surface area (Å²) in [6.07, 6.45) is 3.66. The SMILES string of the molecule is COCCN/C(C)=C(/CNC(=O)c1ccc(-c2nccc3[nH]ccc23)cc1)C(C)=N. The van der Waals surface area contributed by atoms with Crippen molar-refractivity contribution in [2.75, 3.05) is 26.8 Å². The van der Waals surface area contributed by atoms with Crippen molar-refractivity contribution in [3.63, 3.8) is 0 Å². The number of ether oxygens (including phenoxy) is 1. The third-order valence-electron chi connectivity index (χ3n) is 4.93. The van der Waals surface area contributed by atoms with Gasteiger partial charge in [-0.05, 0) is 38.1 Å². The molecule has 0 saturated heterocycles. The zero-order chi connectivity index (χ0) is 21.5. The highest BCUT2D eigenvalue weighted by molar-refractivity contribution is 5.99. The van der Waals surface area contributed by atoms with E-state index in [0.29, 0.717) is 24.4 Å². The molecule has 1 amide bonds. The van der Waals surface area contributed by atoms with Gasteiger partial charge >= 0.3 is 0 Å². The normalized spacial score (nSPS) is 11.8. The Kier molecular flexibility index (Phi) is 6.98. The standard InChI is InChI=1S/C23H27N5O2/c1-15(24)20(16(2)25-12-13-30-3)14-28-23(29)18-6-4-17(5-7-18)22-19-8-10-26-21(19)9-11-27-22/h4-11,24-26H,12-14H2,1-3H3,(H,28,29)/b20-16-,24-15?. The molecule has 2 heterocycles. The lowest BCUT2D eigenvalue weighted by Crippen LogP contribution is -2.30. The van der Waals surface area contributed by atoms with Crippen LogP contribution >= 0.6 is 0 Å². The van der Waals surface area contributed by atoms with E-state index in [-0.39, 0.29) is 12.5 Å². The molecule has 1 aromatic carbocycles. The summed E-state index contributed by atoms with van der Waals surface area (Å²) in [6.45, 7) is 5.12. The van der Waals surface area contributed by atoms with E-state index in [2.05, 4.69) is 20.6 Å². The van der Waals surface area contributed by atoms with Crippen molar-refractivity contribution < 1.29 is 9.53 Å². The molecule has 0 aliphatic heterocycles. The van der Waals surface area contributed by atoms with Crippen LogP contribution in [0.5, 0.6) is 0 Å². The number of amides is 1. The quantitative estimate of drug-likeness (QED) is 0.323. The van der Waals surface area contributed by atoms with E-state index in [9.17, 15) is 4.79 Å². The lowest BCUT2D eigenvalue weighted by Gasteiger charge is -2.14. The fourth-order valence-electron chi connectivity index (χ4n) is 3.26. The van der Waals surface area contributed by atoms with E-state index < -0.39 is 0 Å². The molecule has 7 heteroatoms. The average molecular weight is 406 g/mol. The van der Waals surface area contributed by atoms with Gasteiger partial charge in [0.2, 0.25) is 0 Å². The summed E-state index contributed by atoms with van der Waals surface area (Å²) >= 11 is 0. The number of H-pyrrole nitrogens is 1. The van der Waals surface area contributed by atoms with Crippen LogP contribution in [0.2, 0.25) is 0 Å². The van der Waals surface area contributed by atoms with Gasteiger partial charge in [0.05, 0.1) is 12.3 Å². The van der Waals surface area contributed by atoms with E-state index in [0.717, 1.165) is 33.4 Å². The molecule has 4 N–H and O–H groups in total. The van der Waals surface area contributed by atoms with Gasteiger partial charge in [-0.2, -0.15) is 0 Å². The number of benzene rings is 1. The molecule has 0 fully saturated rings. The van der Waals surface area contributed by atoms with Gasteiger partial charge in [0, 0.05) is 71.6 Å². The summed E-state index contributed by atoms with van der Waals surface area (Å²) in [5.74, 6) is -0.183. The second-order valence-corrected chi connectivity index (χ2v) is 7.01. The Labute approximate surface area is 176 Å². The fourth-order valence-corrected chi connectivity index (χ4v) is 3.26. The number of nitrogens with zero attached hydrogens (tertiary/aromatic N) is 1. The maximum absolute atomic E-state index is 12.6. The van der Waals surface area contributed by atoms with Gasteiger partial charge in [-0.3, -0.25) is 9.78 Å². The first-order chi connectivity index (χ1) is 14.5. The topological polar surface area (TPSA) is 103 Å². The number of pyridine rings is 1. The molecule has 0 bridgehead atoms. The first-order valence-electron chi connectivity index (χ1n) is 9.80. The zero-order valence-electron chi connectivity index (χ0n) is 17.5. The lowest BCUT2D eigenvalue weighted by molar-refractivity contribution is 0.0957. The number of rotatable bonds is 9. The van der Waals surface area contributed by atoms with Crippen molar-refractivity contribution in [3.8, 4) is 11.3 Å². The Morgan fingerprint density at radius 2 is 1.90 bits per heavy atom. The number of carbonyl (C=O) groups is 1. The third-order valence-corrected chi connectivity index (χ3v) is 4.93. The first-order valence-corrected chi connectivity index (χ1v) is 9.80. The van der Waals surface area contributed by atoms with Crippen molar-refractivity contribution in [3.05, 3.63) is 65.6 Å². The molecule has 3 aromatic rings. The minimum atomic E-state index is -0.183. The van der Waals surface area contributed by atoms with Crippen LogP contribution in [0, 0.1) is 5.41 Å². The van der Waals surface area contributed by atoms with E-state index in [4.69, 9.17) is 10.1 Å². The number of methoxy groups -OCH3 is 1. The highest BCUT2D eigenvalue weighted by atomic mass is 16.5. The van der Waals surface area contributed by atoms with Crippen LogP contribution in [0.4, 0.5) is 0 Å². The Morgan fingerprint density at radius 3 is 2.60 bits per heavy atom. The van der Waals surface area contributed by atoms with Crippen LogP contribution in [-0.2, 0) is 4.74 Å². The van der Waals surface area contributed by atoms with Gasteiger partial charge in [0.1, 0.15) is 0 Å².